The van der Waals surface area contributed by atoms with Gasteiger partial charge in [-0.15, -0.1) is 0 Å². The van der Waals surface area contributed by atoms with Crippen molar-refractivity contribution in [2.75, 3.05) is 13.2 Å². The van der Waals surface area contributed by atoms with Crippen molar-refractivity contribution in [1.29, 1.82) is 0 Å². The minimum atomic E-state index is -4.49. The third-order valence-electron chi connectivity index (χ3n) is 3.59. The van der Waals surface area contributed by atoms with Crippen LogP contribution in [0, 0.1) is 0 Å². The van der Waals surface area contributed by atoms with Gasteiger partial charge in [-0.05, 0) is 46.6 Å². The van der Waals surface area contributed by atoms with Gasteiger partial charge in [0.25, 0.3) is 0 Å². The maximum absolute atomic E-state index is 12.0. The Labute approximate surface area is 169 Å². The average Bonchev–Trinajstić information content (AvgIpc) is 2.64. The lowest BCUT2D eigenvalue weighted by molar-refractivity contribution is 0.0792. The maximum atomic E-state index is 12.0. The second kappa shape index (κ2) is 8.89. The Morgan fingerprint density at radius 1 is 1.07 bits per heavy atom. The van der Waals surface area contributed by atoms with E-state index in [9.17, 15) is 14.3 Å². The van der Waals surface area contributed by atoms with E-state index in [4.69, 9.17) is 22.1 Å². The highest BCUT2D eigenvalue weighted by Gasteiger charge is 2.30. The third-order valence-corrected chi connectivity index (χ3v) is 6.55. The molecule has 0 saturated heterocycles. The van der Waals surface area contributed by atoms with Crippen molar-refractivity contribution in [3.05, 3.63) is 54.6 Å². The zero-order valence-electron chi connectivity index (χ0n) is 14.3. The molecular weight excluding hydrogens is 423 g/mol. The second-order valence-corrected chi connectivity index (χ2v) is 9.74. The van der Waals surface area contributed by atoms with Crippen molar-refractivity contribution >= 4 is 62.5 Å². The van der Waals surface area contributed by atoms with Crippen molar-refractivity contribution in [3.8, 4) is 5.75 Å². The minimum Gasteiger partial charge on any atom is -0.439 e. The van der Waals surface area contributed by atoms with Gasteiger partial charge in [0.1, 0.15) is 12.4 Å². The molecule has 0 fully saturated rings. The molecule has 3 aromatic carbocycles. The van der Waals surface area contributed by atoms with E-state index in [1.807, 2.05) is 42.5 Å². The van der Waals surface area contributed by atoms with Gasteiger partial charge in [-0.3, -0.25) is 0 Å². The molecule has 10 heteroatoms. The molecule has 146 valence electrons. The standard InChI is InChI=1S/C18H15O7PS2/c19-8-9-23-17(20)25-26(21,22)28-18(27)24-16-7-3-6-14-10-12-4-1-2-5-13(12)11-15(14)16/h1-7,10-11,19H,8-9H2,(H,21,22). The zero-order valence-corrected chi connectivity index (χ0v) is 16.8. The van der Waals surface area contributed by atoms with Gasteiger partial charge in [-0.25, -0.2) is 9.36 Å². The quantitative estimate of drug-likeness (QED) is 0.255. The molecule has 0 aliphatic carbocycles. The molecule has 1 atom stereocenters. The van der Waals surface area contributed by atoms with Crippen LogP contribution in [0.25, 0.3) is 21.5 Å². The zero-order chi connectivity index (χ0) is 20.1. The Morgan fingerprint density at radius 3 is 2.46 bits per heavy atom. The molecule has 0 heterocycles. The fraction of sp³-hybridized carbons (Fsp3) is 0.111. The molecule has 1 unspecified atom stereocenters. The molecule has 0 bridgehead atoms. The Hall–Kier alpha value is -2.16. The van der Waals surface area contributed by atoms with Crippen molar-refractivity contribution in [2.45, 2.75) is 0 Å². The maximum Gasteiger partial charge on any atom is 0.515 e. The summed E-state index contributed by atoms with van der Waals surface area (Å²) in [6.45, 7) is -5.28. The first-order valence-electron chi connectivity index (χ1n) is 8.01. The molecule has 0 amide bonds. The summed E-state index contributed by atoms with van der Waals surface area (Å²) in [6.07, 6.45) is -1.38. The summed E-state index contributed by atoms with van der Waals surface area (Å²) in [5.41, 5.74) is 0. The number of aliphatic hydroxyl groups is 1. The molecule has 0 spiro atoms. The average molecular weight is 438 g/mol. The lowest BCUT2D eigenvalue weighted by Gasteiger charge is -2.13. The first kappa shape index (κ1) is 20.6. The van der Waals surface area contributed by atoms with Crippen LogP contribution < -0.4 is 4.74 Å². The van der Waals surface area contributed by atoms with Gasteiger partial charge in [-0.1, -0.05) is 36.4 Å². The summed E-state index contributed by atoms with van der Waals surface area (Å²) >= 11 is 5.23. The molecule has 0 aliphatic rings. The molecule has 2 N–H and O–H groups in total. The van der Waals surface area contributed by atoms with Crippen LogP contribution in [0.5, 0.6) is 5.75 Å². The van der Waals surface area contributed by atoms with Crippen molar-refractivity contribution < 1.29 is 33.4 Å². The van der Waals surface area contributed by atoms with E-state index >= 15 is 0 Å². The van der Waals surface area contributed by atoms with Gasteiger partial charge >= 0.3 is 13.0 Å². The van der Waals surface area contributed by atoms with Gasteiger partial charge in [0, 0.05) is 5.39 Å². The number of aliphatic hydroxyl groups excluding tert-OH is 1. The Kier molecular flexibility index (Phi) is 6.53. The molecule has 0 saturated carbocycles. The summed E-state index contributed by atoms with van der Waals surface area (Å²) < 4.78 is 26.0. The SMILES string of the molecule is O=C(OCCO)OP(=O)(O)SC(=S)Oc1cccc2cc3ccccc3cc12. The van der Waals surface area contributed by atoms with Gasteiger partial charge in [0.05, 0.1) is 18.0 Å². The van der Waals surface area contributed by atoms with E-state index in [2.05, 4.69) is 9.26 Å². The molecule has 3 aromatic rings. The number of thiocarbonyl (C=S) groups is 1. The van der Waals surface area contributed by atoms with Crippen LogP contribution in [-0.2, 0) is 13.8 Å². The number of carbonyl (C=O) groups excluding carboxylic acids is 1. The van der Waals surface area contributed by atoms with Gasteiger partial charge < -0.3 is 24.0 Å². The van der Waals surface area contributed by atoms with Gasteiger partial charge in [0.15, 0.2) is 0 Å². The number of fused-ring (bicyclic) bond motifs is 2. The molecule has 0 radical (unpaired) electrons. The fourth-order valence-corrected chi connectivity index (χ4v) is 5.00. The monoisotopic (exact) mass is 438 g/mol. The van der Waals surface area contributed by atoms with Crippen LogP contribution in [0.3, 0.4) is 0 Å². The summed E-state index contributed by atoms with van der Waals surface area (Å²) in [5.74, 6) is 0.406. The Balaban J connectivity index is 1.76. The lowest BCUT2D eigenvalue weighted by Crippen LogP contribution is -2.09. The highest BCUT2D eigenvalue weighted by atomic mass is 32.7. The van der Waals surface area contributed by atoms with Gasteiger partial charge in [0.2, 0.25) is 4.38 Å². The Morgan fingerprint density at radius 2 is 1.75 bits per heavy atom. The molecule has 3 rings (SSSR count). The molecular formula is C18H15O7PS2. The number of ether oxygens (including phenoxy) is 2. The third kappa shape index (κ3) is 5.21. The first-order valence-corrected chi connectivity index (χ1v) is 11.4. The van der Waals surface area contributed by atoms with Gasteiger partial charge in [-0.2, -0.15) is 0 Å². The van der Waals surface area contributed by atoms with E-state index in [0.29, 0.717) is 5.75 Å². The number of rotatable bonds is 5. The van der Waals surface area contributed by atoms with Crippen molar-refractivity contribution in [1.82, 2.24) is 0 Å². The van der Waals surface area contributed by atoms with Crippen molar-refractivity contribution in [2.24, 2.45) is 0 Å². The van der Waals surface area contributed by atoms with Crippen LogP contribution in [0.1, 0.15) is 0 Å². The van der Waals surface area contributed by atoms with E-state index in [0.717, 1.165) is 21.5 Å². The lowest BCUT2D eigenvalue weighted by atomic mass is 10.0. The highest BCUT2D eigenvalue weighted by Crippen LogP contribution is 2.56. The molecule has 7 nitrogen and oxygen atoms in total. The highest BCUT2D eigenvalue weighted by molar-refractivity contribution is 8.64. The molecule has 0 aromatic heterocycles. The van der Waals surface area contributed by atoms with E-state index in [-0.39, 0.29) is 22.4 Å². The van der Waals surface area contributed by atoms with Crippen molar-refractivity contribution in [3.63, 3.8) is 0 Å². The Bertz CT molecular complexity index is 1090. The van der Waals surface area contributed by atoms with Crippen LogP contribution in [-0.4, -0.2) is 33.8 Å². The first-order chi connectivity index (χ1) is 13.4. The molecule has 0 aliphatic heterocycles. The van der Waals surface area contributed by atoms with E-state index in [1.165, 1.54) is 0 Å². The second-order valence-electron chi connectivity index (χ2n) is 5.50. The van der Waals surface area contributed by atoms with E-state index < -0.39 is 19.6 Å². The predicted octanol–water partition coefficient (Wildman–Crippen LogP) is 4.64. The summed E-state index contributed by atoms with van der Waals surface area (Å²) in [4.78, 5) is 21.0. The number of hydrogen-bond acceptors (Lipinski definition) is 8. The fourth-order valence-electron chi connectivity index (χ4n) is 2.50. The normalized spacial score (nSPS) is 13.1. The number of benzene rings is 3. The van der Waals surface area contributed by atoms with Crippen LogP contribution in [0.15, 0.2) is 54.6 Å². The summed E-state index contributed by atoms with van der Waals surface area (Å²) in [5, 5.41) is 12.3. The number of hydrogen-bond donors (Lipinski definition) is 2. The van der Waals surface area contributed by atoms with Crippen LogP contribution in [0.4, 0.5) is 4.79 Å². The predicted molar refractivity (Wildman–Crippen MR) is 112 cm³/mol. The topological polar surface area (TPSA) is 102 Å². The molecule has 28 heavy (non-hydrogen) atoms. The minimum absolute atomic E-state index is 0.205. The smallest absolute Gasteiger partial charge is 0.439 e. The van der Waals surface area contributed by atoms with E-state index in [1.54, 1.807) is 12.1 Å². The summed E-state index contributed by atoms with van der Waals surface area (Å²) in [6, 6.07) is 17.2. The number of carbonyl (C=O) groups is 1. The summed E-state index contributed by atoms with van der Waals surface area (Å²) in [7, 11) is 0. The van der Waals surface area contributed by atoms with Crippen LogP contribution in [0.2, 0.25) is 0 Å². The van der Waals surface area contributed by atoms with Crippen LogP contribution >= 0.6 is 30.4 Å². The largest absolute Gasteiger partial charge is 0.515 e.